The molecule has 1 atom stereocenters. The summed E-state index contributed by atoms with van der Waals surface area (Å²) in [5.74, 6) is -0.472. The van der Waals surface area contributed by atoms with E-state index in [0.29, 0.717) is 18.7 Å². The van der Waals surface area contributed by atoms with E-state index in [-0.39, 0.29) is 24.0 Å². The van der Waals surface area contributed by atoms with Crippen LogP contribution in [0.5, 0.6) is 0 Å². The average Bonchev–Trinajstić information content (AvgIpc) is 2.79. The number of nitrogens with zero attached hydrogens (tertiary/aromatic N) is 4. The number of aromatic nitrogens is 3. The number of hydrogen-bond acceptors (Lipinski definition) is 4. The molecular formula is C13H15N5O3. The van der Waals surface area contributed by atoms with Crippen molar-refractivity contribution in [3.8, 4) is 0 Å². The van der Waals surface area contributed by atoms with Gasteiger partial charge in [0.15, 0.2) is 5.65 Å². The van der Waals surface area contributed by atoms with Crippen molar-refractivity contribution < 1.29 is 9.59 Å². The van der Waals surface area contributed by atoms with E-state index >= 15 is 0 Å². The molecule has 8 nitrogen and oxygen atoms in total. The van der Waals surface area contributed by atoms with Gasteiger partial charge in [0.05, 0.1) is 0 Å². The number of rotatable bonds is 2. The van der Waals surface area contributed by atoms with E-state index in [1.165, 1.54) is 9.30 Å². The van der Waals surface area contributed by atoms with Crippen molar-refractivity contribution in [2.45, 2.75) is 19.5 Å². The van der Waals surface area contributed by atoms with Crippen molar-refractivity contribution in [1.82, 2.24) is 24.4 Å². The minimum absolute atomic E-state index is 0.169. The van der Waals surface area contributed by atoms with Gasteiger partial charge in [0, 0.05) is 19.3 Å². The second-order valence-electron chi connectivity index (χ2n) is 4.92. The first-order chi connectivity index (χ1) is 10.1. The van der Waals surface area contributed by atoms with Crippen LogP contribution >= 0.6 is 0 Å². The number of fused-ring (bicyclic) bond motifs is 1. The summed E-state index contributed by atoms with van der Waals surface area (Å²) in [5.41, 5.74) is 0.118. The van der Waals surface area contributed by atoms with Crippen molar-refractivity contribution >= 4 is 17.5 Å². The number of nitrogens with one attached hydrogen (secondary N) is 1. The molecule has 2 aromatic heterocycles. The van der Waals surface area contributed by atoms with Crippen LogP contribution < -0.4 is 11.0 Å². The normalized spacial score (nSPS) is 18.8. The molecule has 2 amide bonds. The van der Waals surface area contributed by atoms with E-state index < -0.39 is 6.04 Å². The highest BCUT2D eigenvalue weighted by Gasteiger charge is 2.29. The fourth-order valence-electron chi connectivity index (χ4n) is 2.41. The Labute approximate surface area is 120 Å². The minimum Gasteiger partial charge on any atom is -0.353 e. The standard InChI is InChI=1S/C13H15N5O3/c1-9-12(20)14-5-7-16(9)11(19)8-18-13(21)17-6-3-2-4-10(17)15-18/h2-4,6,9H,5,7-8H2,1H3,(H,14,20). The highest BCUT2D eigenvalue weighted by Crippen LogP contribution is 2.05. The smallest absolute Gasteiger partial charge is 0.350 e. The molecule has 21 heavy (non-hydrogen) atoms. The first-order valence-electron chi connectivity index (χ1n) is 6.69. The molecule has 0 aliphatic carbocycles. The second kappa shape index (κ2) is 5.04. The molecular weight excluding hydrogens is 274 g/mol. The van der Waals surface area contributed by atoms with Crippen molar-refractivity contribution in [3.05, 3.63) is 34.9 Å². The Balaban J connectivity index is 1.85. The van der Waals surface area contributed by atoms with Gasteiger partial charge in [-0.05, 0) is 19.1 Å². The predicted molar refractivity (Wildman–Crippen MR) is 73.6 cm³/mol. The summed E-state index contributed by atoms with van der Waals surface area (Å²) in [7, 11) is 0. The Morgan fingerprint density at radius 2 is 2.24 bits per heavy atom. The molecule has 1 aliphatic rings. The van der Waals surface area contributed by atoms with Crippen molar-refractivity contribution in [1.29, 1.82) is 0 Å². The first kappa shape index (κ1) is 13.3. The third kappa shape index (κ3) is 2.28. The molecule has 110 valence electrons. The van der Waals surface area contributed by atoms with E-state index in [1.54, 1.807) is 31.3 Å². The van der Waals surface area contributed by atoms with Crippen LogP contribution in [-0.2, 0) is 16.1 Å². The quantitative estimate of drug-likeness (QED) is 0.755. The Morgan fingerprint density at radius 1 is 1.43 bits per heavy atom. The zero-order valence-corrected chi connectivity index (χ0v) is 11.5. The number of hydrogen-bond donors (Lipinski definition) is 1. The zero-order valence-electron chi connectivity index (χ0n) is 11.5. The van der Waals surface area contributed by atoms with Crippen LogP contribution in [0.4, 0.5) is 0 Å². The molecule has 0 radical (unpaired) electrons. The van der Waals surface area contributed by atoms with Crippen molar-refractivity contribution in [2.75, 3.05) is 13.1 Å². The van der Waals surface area contributed by atoms with E-state index in [4.69, 9.17) is 0 Å². The highest BCUT2D eigenvalue weighted by atomic mass is 16.2. The maximum Gasteiger partial charge on any atom is 0.350 e. The number of carbonyl (C=O) groups is 2. The van der Waals surface area contributed by atoms with Crippen LogP contribution in [-0.4, -0.2) is 50.0 Å². The molecule has 1 fully saturated rings. The number of piperazine rings is 1. The van der Waals surface area contributed by atoms with Crippen LogP contribution in [0.25, 0.3) is 5.65 Å². The monoisotopic (exact) mass is 289 g/mol. The van der Waals surface area contributed by atoms with Gasteiger partial charge in [0.1, 0.15) is 12.6 Å². The summed E-state index contributed by atoms with van der Waals surface area (Å²) in [6.07, 6.45) is 1.60. The van der Waals surface area contributed by atoms with Crippen LogP contribution in [0, 0.1) is 0 Å². The fourth-order valence-corrected chi connectivity index (χ4v) is 2.41. The van der Waals surface area contributed by atoms with Gasteiger partial charge in [-0.25, -0.2) is 9.48 Å². The summed E-state index contributed by atoms with van der Waals surface area (Å²) in [6.45, 7) is 2.36. The topological polar surface area (TPSA) is 88.7 Å². The molecule has 1 N–H and O–H groups in total. The summed E-state index contributed by atoms with van der Waals surface area (Å²) >= 11 is 0. The van der Waals surface area contributed by atoms with E-state index in [9.17, 15) is 14.4 Å². The fraction of sp³-hybridized carbons (Fsp3) is 0.385. The lowest BCUT2D eigenvalue weighted by molar-refractivity contribution is -0.143. The lowest BCUT2D eigenvalue weighted by Crippen LogP contribution is -2.56. The van der Waals surface area contributed by atoms with Crippen LogP contribution in [0.3, 0.4) is 0 Å². The Hall–Kier alpha value is -2.64. The van der Waals surface area contributed by atoms with Crippen LogP contribution in [0.2, 0.25) is 0 Å². The first-order valence-corrected chi connectivity index (χ1v) is 6.69. The number of carbonyl (C=O) groups excluding carboxylic acids is 2. The molecule has 8 heteroatoms. The van der Waals surface area contributed by atoms with Gasteiger partial charge in [0.2, 0.25) is 11.8 Å². The summed E-state index contributed by atoms with van der Waals surface area (Å²) in [4.78, 5) is 37.4. The average molecular weight is 289 g/mol. The van der Waals surface area contributed by atoms with Gasteiger partial charge < -0.3 is 10.2 Å². The number of amides is 2. The maximum atomic E-state index is 12.3. The molecule has 2 aromatic rings. The summed E-state index contributed by atoms with van der Waals surface area (Å²) in [6, 6.07) is 4.66. The Bertz CT molecular complexity index is 762. The van der Waals surface area contributed by atoms with Gasteiger partial charge in [0.25, 0.3) is 0 Å². The molecule has 1 aliphatic heterocycles. The van der Waals surface area contributed by atoms with E-state index in [1.807, 2.05) is 0 Å². The van der Waals surface area contributed by atoms with Crippen molar-refractivity contribution in [2.24, 2.45) is 0 Å². The predicted octanol–water partition coefficient (Wildman–Crippen LogP) is -1.16. The minimum atomic E-state index is -0.529. The van der Waals surface area contributed by atoms with Crippen LogP contribution in [0.1, 0.15) is 6.92 Å². The van der Waals surface area contributed by atoms with Gasteiger partial charge in [-0.15, -0.1) is 5.10 Å². The second-order valence-corrected chi connectivity index (χ2v) is 4.92. The van der Waals surface area contributed by atoms with E-state index in [2.05, 4.69) is 10.4 Å². The SMILES string of the molecule is CC1C(=O)NCCN1C(=O)Cn1nc2ccccn2c1=O. The summed E-state index contributed by atoms with van der Waals surface area (Å²) < 4.78 is 2.50. The molecule has 0 saturated carbocycles. The van der Waals surface area contributed by atoms with Gasteiger partial charge in [-0.3, -0.25) is 14.0 Å². The Morgan fingerprint density at radius 3 is 3.00 bits per heavy atom. The third-order valence-corrected chi connectivity index (χ3v) is 3.59. The summed E-state index contributed by atoms with van der Waals surface area (Å²) in [5, 5.41) is 6.80. The van der Waals surface area contributed by atoms with Gasteiger partial charge in [-0.1, -0.05) is 6.07 Å². The zero-order chi connectivity index (χ0) is 15.0. The lowest BCUT2D eigenvalue weighted by Gasteiger charge is -2.32. The molecule has 0 spiro atoms. The molecule has 1 saturated heterocycles. The van der Waals surface area contributed by atoms with Gasteiger partial charge in [-0.2, -0.15) is 0 Å². The van der Waals surface area contributed by atoms with Crippen molar-refractivity contribution in [3.63, 3.8) is 0 Å². The molecule has 0 aromatic carbocycles. The maximum absolute atomic E-state index is 12.3. The van der Waals surface area contributed by atoms with Gasteiger partial charge >= 0.3 is 5.69 Å². The molecule has 3 heterocycles. The third-order valence-electron chi connectivity index (χ3n) is 3.59. The lowest BCUT2D eigenvalue weighted by atomic mass is 10.2. The molecule has 1 unspecified atom stereocenters. The molecule has 0 bridgehead atoms. The Kier molecular flexibility index (Phi) is 3.20. The number of pyridine rings is 1. The van der Waals surface area contributed by atoms with E-state index in [0.717, 1.165) is 4.68 Å². The molecule has 3 rings (SSSR count). The highest BCUT2D eigenvalue weighted by molar-refractivity contribution is 5.88. The van der Waals surface area contributed by atoms with Crippen LogP contribution in [0.15, 0.2) is 29.2 Å². The largest absolute Gasteiger partial charge is 0.353 e.